The fourth-order valence-corrected chi connectivity index (χ4v) is 1.86. The van der Waals surface area contributed by atoms with Crippen LogP contribution in [0.25, 0.3) is 0 Å². The van der Waals surface area contributed by atoms with E-state index in [1.54, 1.807) is 0 Å². The van der Waals surface area contributed by atoms with Crippen molar-refractivity contribution in [3.8, 4) is 0 Å². The van der Waals surface area contributed by atoms with E-state index in [1.165, 1.54) is 6.08 Å². The quantitative estimate of drug-likeness (QED) is 0.147. The second-order valence-electron chi connectivity index (χ2n) is 4.43. The van der Waals surface area contributed by atoms with Gasteiger partial charge in [0.1, 0.15) is 19.8 Å². The van der Waals surface area contributed by atoms with Gasteiger partial charge in [-0.1, -0.05) is 12.7 Å². The Kier molecular flexibility index (Phi) is 13.7. The van der Waals surface area contributed by atoms with Gasteiger partial charge in [-0.15, -0.1) is 0 Å². The molecule has 0 atom stereocenters. The number of nitrogens with zero attached hydrogens (tertiary/aromatic N) is 1. The molecule has 0 unspecified atom stereocenters. The van der Waals surface area contributed by atoms with E-state index in [1.807, 2.05) is 0 Å². The van der Waals surface area contributed by atoms with Crippen molar-refractivity contribution in [3.05, 3.63) is 24.8 Å². The van der Waals surface area contributed by atoms with Crippen LogP contribution < -0.4 is 24.0 Å². The highest BCUT2D eigenvalue weighted by Crippen LogP contribution is 2.05. The number of halogens is 1. The molecule has 0 N–H and O–H groups in total. The lowest BCUT2D eigenvalue weighted by atomic mass is 10.3. The lowest BCUT2D eigenvalue weighted by Gasteiger charge is -2.35. The Labute approximate surface area is 144 Å². The standard InChI is InChI=1S/C15H26NO4.HI/c1-5-12-19-14(17)9-10-15(18)20-13-11-16(6-2,7-3)8-4;/h5,9-10H,1,6-8,11-13H2,2-4H3;1H/q+1;/p-1/b10-9-;. The summed E-state index contributed by atoms with van der Waals surface area (Å²) in [5, 5.41) is 0. The van der Waals surface area contributed by atoms with Crippen molar-refractivity contribution in [1.82, 2.24) is 0 Å². The van der Waals surface area contributed by atoms with Crippen LogP contribution in [0.3, 0.4) is 0 Å². The molecule has 0 rings (SSSR count). The summed E-state index contributed by atoms with van der Waals surface area (Å²) < 4.78 is 10.7. The predicted molar refractivity (Wildman–Crippen MR) is 78.0 cm³/mol. The summed E-state index contributed by atoms with van der Waals surface area (Å²) in [6.45, 7) is 14.1. The van der Waals surface area contributed by atoms with Gasteiger partial charge >= 0.3 is 11.9 Å². The predicted octanol–water partition coefficient (Wildman–Crippen LogP) is -1.30. The van der Waals surface area contributed by atoms with E-state index in [2.05, 4.69) is 27.4 Å². The van der Waals surface area contributed by atoms with Crippen LogP contribution in [0.5, 0.6) is 0 Å². The Balaban J connectivity index is 0. The maximum Gasteiger partial charge on any atom is 0.331 e. The second kappa shape index (κ2) is 12.8. The van der Waals surface area contributed by atoms with E-state index in [9.17, 15) is 9.59 Å². The lowest BCUT2D eigenvalue weighted by molar-refractivity contribution is -0.923. The van der Waals surface area contributed by atoms with Gasteiger partial charge in [0.25, 0.3) is 0 Å². The van der Waals surface area contributed by atoms with E-state index >= 15 is 0 Å². The molecule has 0 saturated heterocycles. The molecule has 0 aromatic carbocycles. The summed E-state index contributed by atoms with van der Waals surface area (Å²) in [4.78, 5) is 22.5. The lowest BCUT2D eigenvalue weighted by Crippen LogP contribution is -3.00. The highest BCUT2D eigenvalue weighted by Gasteiger charge is 2.20. The van der Waals surface area contributed by atoms with Crippen LogP contribution in [0.2, 0.25) is 0 Å². The highest BCUT2D eigenvalue weighted by atomic mass is 127. The van der Waals surface area contributed by atoms with Crippen molar-refractivity contribution in [2.24, 2.45) is 0 Å². The number of rotatable bonds is 10. The topological polar surface area (TPSA) is 52.6 Å². The highest BCUT2D eigenvalue weighted by molar-refractivity contribution is 5.91. The minimum absolute atomic E-state index is 0. The molecule has 0 aliphatic heterocycles. The molecule has 0 spiro atoms. The van der Waals surface area contributed by atoms with Gasteiger partial charge in [-0.25, -0.2) is 9.59 Å². The van der Waals surface area contributed by atoms with Crippen molar-refractivity contribution in [3.63, 3.8) is 0 Å². The number of carbonyl (C=O) groups excluding carboxylic acids is 2. The van der Waals surface area contributed by atoms with Gasteiger partial charge in [0.15, 0.2) is 0 Å². The van der Waals surface area contributed by atoms with Gasteiger partial charge in [0.05, 0.1) is 19.6 Å². The summed E-state index contributed by atoms with van der Waals surface area (Å²) in [5.74, 6) is -1.11. The summed E-state index contributed by atoms with van der Waals surface area (Å²) in [5.41, 5.74) is 0. The Morgan fingerprint density at radius 2 is 1.48 bits per heavy atom. The third-order valence-electron chi connectivity index (χ3n) is 3.52. The Morgan fingerprint density at radius 3 is 1.90 bits per heavy atom. The minimum Gasteiger partial charge on any atom is -1.00 e. The van der Waals surface area contributed by atoms with Crippen LogP contribution in [-0.2, 0) is 19.1 Å². The molecule has 0 fully saturated rings. The number of quaternary nitrogens is 1. The van der Waals surface area contributed by atoms with Crippen LogP contribution in [-0.4, -0.2) is 55.8 Å². The van der Waals surface area contributed by atoms with Crippen molar-refractivity contribution in [2.75, 3.05) is 39.4 Å². The maximum atomic E-state index is 11.4. The van der Waals surface area contributed by atoms with E-state index in [0.717, 1.165) is 42.8 Å². The summed E-state index contributed by atoms with van der Waals surface area (Å²) >= 11 is 0. The monoisotopic (exact) mass is 411 g/mol. The van der Waals surface area contributed by atoms with Crippen molar-refractivity contribution >= 4 is 11.9 Å². The molecule has 0 heterocycles. The molecule has 0 saturated carbocycles. The fourth-order valence-electron chi connectivity index (χ4n) is 1.86. The Bertz CT molecular complexity index is 343. The van der Waals surface area contributed by atoms with E-state index < -0.39 is 11.9 Å². The van der Waals surface area contributed by atoms with Crippen molar-refractivity contribution in [2.45, 2.75) is 20.8 Å². The molecular formula is C15H26INO4. The Morgan fingerprint density at radius 1 is 1.00 bits per heavy atom. The first-order chi connectivity index (χ1) is 9.53. The van der Waals surface area contributed by atoms with Gasteiger partial charge in [0, 0.05) is 12.2 Å². The third-order valence-corrected chi connectivity index (χ3v) is 3.52. The molecular weight excluding hydrogens is 385 g/mol. The Hall–Kier alpha value is -0.890. The molecule has 0 aliphatic carbocycles. The molecule has 0 aromatic rings. The average Bonchev–Trinajstić information content (AvgIpc) is 2.48. The zero-order valence-electron chi connectivity index (χ0n) is 13.1. The SMILES string of the molecule is C=CCOC(=O)/C=C\C(=O)OCC[N+](CC)(CC)CC.[I-]. The number of esters is 2. The van der Waals surface area contributed by atoms with Gasteiger partial charge in [-0.3, -0.25) is 0 Å². The van der Waals surface area contributed by atoms with Gasteiger partial charge < -0.3 is 37.9 Å². The average molecular weight is 411 g/mol. The molecule has 122 valence electrons. The van der Waals surface area contributed by atoms with E-state index in [-0.39, 0.29) is 30.6 Å². The van der Waals surface area contributed by atoms with Crippen molar-refractivity contribution in [1.29, 1.82) is 0 Å². The largest absolute Gasteiger partial charge is 1.00 e. The number of likely N-dealkylation sites (N-methyl/N-ethyl adjacent to an activating group) is 1. The van der Waals surface area contributed by atoms with Gasteiger partial charge in [0.2, 0.25) is 0 Å². The summed E-state index contributed by atoms with van der Waals surface area (Å²) in [6.07, 6.45) is 3.61. The summed E-state index contributed by atoms with van der Waals surface area (Å²) in [6, 6.07) is 0. The molecule has 0 aromatic heterocycles. The zero-order valence-corrected chi connectivity index (χ0v) is 15.3. The number of hydrogen-bond acceptors (Lipinski definition) is 4. The third kappa shape index (κ3) is 9.62. The first-order valence-electron chi connectivity index (χ1n) is 7.01. The molecule has 5 nitrogen and oxygen atoms in total. The minimum atomic E-state index is -0.581. The first kappa shape index (κ1) is 22.4. The number of carbonyl (C=O) groups is 2. The maximum absolute atomic E-state index is 11.4. The van der Waals surface area contributed by atoms with Crippen molar-refractivity contribution < 1.29 is 47.5 Å². The van der Waals surface area contributed by atoms with Crippen LogP contribution in [0.15, 0.2) is 24.8 Å². The first-order valence-corrected chi connectivity index (χ1v) is 7.01. The second-order valence-corrected chi connectivity index (χ2v) is 4.43. The molecule has 0 radical (unpaired) electrons. The van der Waals surface area contributed by atoms with E-state index in [0.29, 0.717) is 6.61 Å². The number of hydrogen-bond donors (Lipinski definition) is 0. The van der Waals surface area contributed by atoms with Crippen LogP contribution >= 0.6 is 0 Å². The van der Waals surface area contributed by atoms with Gasteiger partial charge in [-0.05, 0) is 20.8 Å². The van der Waals surface area contributed by atoms with E-state index in [4.69, 9.17) is 9.47 Å². The van der Waals surface area contributed by atoms with Crippen LogP contribution in [0, 0.1) is 0 Å². The molecule has 6 heteroatoms. The molecule has 0 amide bonds. The zero-order chi connectivity index (χ0) is 15.4. The summed E-state index contributed by atoms with van der Waals surface area (Å²) in [7, 11) is 0. The van der Waals surface area contributed by atoms with Crippen LogP contribution in [0.1, 0.15) is 20.8 Å². The fraction of sp³-hybridized carbons (Fsp3) is 0.600. The molecule has 21 heavy (non-hydrogen) atoms. The van der Waals surface area contributed by atoms with Gasteiger partial charge in [-0.2, -0.15) is 0 Å². The normalized spacial score (nSPS) is 10.8. The molecule has 0 aliphatic rings. The molecule has 0 bridgehead atoms. The number of ether oxygens (including phenoxy) is 2. The van der Waals surface area contributed by atoms with Crippen LogP contribution in [0.4, 0.5) is 0 Å². The smallest absolute Gasteiger partial charge is 0.331 e.